The lowest BCUT2D eigenvalue weighted by atomic mass is 9.93. The molecule has 0 saturated carbocycles. The van der Waals surface area contributed by atoms with Gasteiger partial charge in [0, 0.05) is 19.0 Å². The van der Waals surface area contributed by atoms with E-state index < -0.39 is 0 Å². The quantitative estimate of drug-likeness (QED) is 0.654. The Morgan fingerprint density at radius 2 is 1.92 bits per heavy atom. The molecule has 1 aliphatic heterocycles. The van der Waals surface area contributed by atoms with Crippen molar-refractivity contribution in [2.45, 2.75) is 46.2 Å². The number of likely N-dealkylation sites (tertiary alicyclic amines) is 1. The van der Waals surface area contributed by atoms with Gasteiger partial charge in [0.25, 0.3) is 0 Å². The van der Waals surface area contributed by atoms with E-state index in [-0.39, 0.29) is 18.4 Å². The predicted octanol–water partition coefficient (Wildman–Crippen LogP) is 2.12. The van der Waals surface area contributed by atoms with Gasteiger partial charge in [-0.2, -0.15) is 0 Å². The molecule has 1 saturated heterocycles. The minimum atomic E-state index is 0. The molecular weight excluding hydrogens is 186 g/mol. The maximum absolute atomic E-state index is 11.5. The van der Waals surface area contributed by atoms with Crippen LogP contribution in [0.25, 0.3) is 0 Å². The first-order chi connectivity index (χ1) is 5.52. The van der Waals surface area contributed by atoms with Crippen LogP contribution in [0.3, 0.4) is 0 Å². The van der Waals surface area contributed by atoms with Gasteiger partial charge >= 0.3 is 0 Å². The minimum Gasteiger partial charge on any atom is -0.298 e. The Labute approximate surface area is 87.1 Å². The van der Waals surface area contributed by atoms with Crippen LogP contribution in [0, 0.1) is 5.92 Å². The van der Waals surface area contributed by atoms with E-state index in [0.29, 0.717) is 17.7 Å². The molecule has 0 spiro atoms. The van der Waals surface area contributed by atoms with E-state index >= 15 is 0 Å². The maximum atomic E-state index is 11.5. The zero-order chi connectivity index (χ0) is 9.30. The summed E-state index contributed by atoms with van der Waals surface area (Å²) in [4.78, 5) is 13.8. The third-order valence-corrected chi connectivity index (χ3v) is 2.70. The second kappa shape index (κ2) is 4.97. The van der Waals surface area contributed by atoms with Crippen molar-refractivity contribution in [3.05, 3.63) is 0 Å². The van der Waals surface area contributed by atoms with E-state index in [1.54, 1.807) is 0 Å². The molecule has 3 heteroatoms. The fourth-order valence-corrected chi connectivity index (χ4v) is 1.94. The number of carbonyl (C=O) groups is 1. The Balaban J connectivity index is 0.00000144. The van der Waals surface area contributed by atoms with E-state index in [1.165, 1.54) is 0 Å². The molecule has 2 nitrogen and oxygen atoms in total. The monoisotopic (exact) mass is 205 g/mol. The van der Waals surface area contributed by atoms with Gasteiger partial charge < -0.3 is 0 Å². The minimum absolute atomic E-state index is 0. The number of hydrogen-bond acceptors (Lipinski definition) is 2. The Hall–Kier alpha value is -0.0800. The predicted molar refractivity (Wildman–Crippen MR) is 57.3 cm³/mol. The summed E-state index contributed by atoms with van der Waals surface area (Å²) in [5.74, 6) is 0.943. The number of rotatable bonds is 1. The molecule has 78 valence electrons. The van der Waals surface area contributed by atoms with E-state index in [9.17, 15) is 4.79 Å². The molecule has 0 aromatic rings. The molecule has 0 bridgehead atoms. The van der Waals surface area contributed by atoms with Crippen LogP contribution in [-0.2, 0) is 4.79 Å². The first-order valence-electron chi connectivity index (χ1n) is 4.80. The molecule has 0 aromatic heterocycles. The smallest absolute Gasteiger partial charge is 0.150 e. The zero-order valence-corrected chi connectivity index (χ0v) is 9.73. The van der Waals surface area contributed by atoms with Gasteiger partial charge in [0.1, 0.15) is 5.78 Å². The van der Waals surface area contributed by atoms with Gasteiger partial charge in [-0.3, -0.25) is 9.69 Å². The zero-order valence-electron chi connectivity index (χ0n) is 8.91. The second-order valence-corrected chi connectivity index (χ2v) is 4.24. The van der Waals surface area contributed by atoms with Gasteiger partial charge in [0.15, 0.2) is 0 Å². The SMILES string of the molecule is CC1CC(=O)C(C)N(C(C)C)C1.Cl. The molecule has 0 N–H and O–H groups in total. The normalized spacial score (nSPS) is 30.4. The molecule has 0 aliphatic carbocycles. The average Bonchev–Trinajstić information content (AvgIpc) is 1.96. The molecule has 0 amide bonds. The highest BCUT2D eigenvalue weighted by atomic mass is 35.5. The van der Waals surface area contributed by atoms with E-state index in [4.69, 9.17) is 0 Å². The number of piperidine rings is 1. The summed E-state index contributed by atoms with van der Waals surface area (Å²) in [6.07, 6.45) is 0.768. The lowest BCUT2D eigenvalue weighted by molar-refractivity contribution is -0.129. The highest BCUT2D eigenvalue weighted by Crippen LogP contribution is 2.20. The van der Waals surface area contributed by atoms with Gasteiger partial charge in [-0.15, -0.1) is 12.4 Å². The van der Waals surface area contributed by atoms with Crippen LogP contribution in [0.4, 0.5) is 0 Å². The Bertz CT molecular complexity index is 182. The third-order valence-electron chi connectivity index (χ3n) is 2.70. The van der Waals surface area contributed by atoms with Crippen LogP contribution in [0.15, 0.2) is 0 Å². The Kier molecular flexibility index (Phi) is 4.93. The third kappa shape index (κ3) is 2.96. The number of hydrogen-bond donors (Lipinski definition) is 0. The van der Waals surface area contributed by atoms with Crippen LogP contribution in [-0.4, -0.2) is 29.3 Å². The number of Topliss-reactive ketones (excluding diaryl/α,β-unsaturated/α-hetero) is 1. The molecule has 13 heavy (non-hydrogen) atoms. The van der Waals surface area contributed by atoms with Gasteiger partial charge in [0.05, 0.1) is 6.04 Å². The molecule has 1 rings (SSSR count). The van der Waals surface area contributed by atoms with Crippen molar-refractivity contribution in [1.29, 1.82) is 0 Å². The fourth-order valence-electron chi connectivity index (χ4n) is 1.94. The van der Waals surface area contributed by atoms with E-state index in [1.807, 2.05) is 6.92 Å². The highest BCUT2D eigenvalue weighted by Gasteiger charge is 2.30. The summed E-state index contributed by atoms with van der Waals surface area (Å²) >= 11 is 0. The standard InChI is InChI=1S/C10H19NO.ClH/c1-7(2)11-6-8(3)5-10(12)9(11)4;/h7-9H,5-6H2,1-4H3;1H. The summed E-state index contributed by atoms with van der Waals surface area (Å²) in [7, 11) is 0. The fraction of sp³-hybridized carbons (Fsp3) is 0.900. The van der Waals surface area contributed by atoms with Crippen molar-refractivity contribution in [3.8, 4) is 0 Å². The first kappa shape index (κ1) is 12.9. The Morgan fingerprint density at radius 1 is 1.38 bits per heavy atom. The molecule has 1 fully saturated rings. The molecule has 2 unspecified atom stereocenters. The molecule has 1 aliphatic rings. The highest BCUT2D eigenvalue weighted by molar-refractivity contribution is 5.85. The summed E-state index contributed by atoms with van der Waals surface area (Å²) in [6.45, 7) is 9.56. The maximum Gasteiger partial charge on any atom is 0.150 e. The van der Waals surface area contributed by atoms with Crippen molar-refractivity contribution in [2.75, 3.05) is 6.54 Å². The van der Waals surface area contributed by atoms with Crippen molar-refractivity contribution in [2.24, 2.45) is 5.92 Å². The number of carbonyl (C=O) groups excluding carboxylic acids is 1. The molecule has 0 aromatic carbocycles. The summed E-state index contributed by atoms with van der Waals surface area (Å²) < 4.78 is 0. The van der Waals surface area contributed by atoms with Crippen LogP contribution in [0.5, 0.6) is 0 Å². The molecule has 2 atom stereocenters. The molecule has 0 radical (unpaired) electrons. The molecule has 1 heterocycles. The van der Waals surface area contributed by atoms with Crippen molar-refractivity contribution >= 4 is 18.2 Å². The van der Waals surface area contributed by atoms with Gasteiger partial charge in [-0.05, 0) is 26.7 Å². The summed E-state index contributed by atoms with van der Waals surface area (Å²) in [6, 6.07) is 0.632. The van der Waals surface area contributed by atoms with Crippen LogP contribution in [0.2, 0.25) is 0 Å². The largest absolute Gasteiger partial charge is 0.298 e. The van der Waals surface area contributed by atoms with Crippen molar-refractivity contribution < 1.29 is 4.79 Å². The van der Waals surface area contributed by atoms with Gasteiger partial charge in [-0.25, -0.2) is 0 Å². The van der Waals surface area contributed by atoms with Crippen molar-refractivity contribution in [1.82, 2.24) is 4.90 Å². The topological polar surface area (TPSA) is 20.3 Å². The average molecular weight is 206 g/mol. The van der Waals surface area contributed by atoms with Gasteiger partial charge in [-0.1, -0.05) is 6.92 Å². The van der Waals surface area contributed by atoms with Crippen LogP contribution < -0.4 is 0 Å². The number of ketones is 1. The number of halogens is 1. The summed E-state index contributed by atoms with van der Waals surface area (Å²) in [5.41, 5.74) is 0. The van der Waals surface area contributed by atoms with Crippen LogP contribution >= 0.6 is 12.4 Å². The lowest BCUT2D eigenvalue weighted by Gasteiger charge is -2.38. The van der Waals surface area contributed by atoms with Crippen molar-refractivity contribution in [3.63, 3.8) is 0 Å². The number of nitrogens with zero attached hydrogens (tertiary/aromatic N) is 1. The van der Waals surface area contributed by atoms with E-state index in [0.717, 1.165) is 13.0 Å². The van der Waals surface area contributed by atoms with E-state index in [2.05, 4.69) is 25.7 Å². The summed E-state index contributed by atoms with van der Waals surface area (Å²) in [5, 5.41) is 0. The van der Waals surface area contributed by atoms with Crippen LogP contribution in [0.1, 0.15) is 34.1 Å². The Morgan fingerprint density at radius 3 is 2.38 bits per heavy atom. The lowest BCUT2D eigenvalue weighted by Crippen LogP contribution is -2.50. The molecular formula is C10H20ClNO. The van der Waals surface area contributed by atoms with Gasteiger partial charge in [0.2, 0.25) is 0 Å². The first-order valence-corrected chi connectivity index (χ1v) is 4.80. The second-order valence-electron chi connectivity index (χ2n) is 4.24.